The van der Waals surface area contributed by atoms with Gasteiger partial charge in [-0.3, -0.25) is 9.48 Å². The molecule has 2 saturated heterocycles. The largest absolute Gasteiger partial charge is 0.334 e. The Kier molecular flexibility index (Phi) is 4.58. The van der Waals surface area contributed by atoms with Gasteiger partial charge in [-0.15, -0.1) is 0 Å². The second kappa shape index (κ2) is 6.60. The van der Waals surface area contributed by atoms with Gasteiger partial charge in [-0.1, -0.05) is 0 Å². The van der Waals surface area contributed by atoms with E-state index in [9.17, 15) is 4.79 Å². The molecule has 3 heterocycles. The highest BCUT2D eigenvalue weighted by Crippen LogP contribution is 2.23. The number of rotatable bonds is 4. The van der Waals surface area contributed by atoms with Crippen LogP contribution in [0.4, 0.5) is 0 Å². The molecule has 0 radical (unpaired) electrons. The summed E-state index contributed by atoms with van der Waals surface area (Å²) in [6.45, 7) is 4.51. The average Bonchev–Trinajstić information content (AvgIpc) is 3.16. The Morgan fingerprint density at radius 3 is 2.71 bits per heavy atom. The Morgan fingerprint density at radius 2 is 2.00 bits per heavy atom. The Labute approximate surface area is 126 Å². The van der Waals surface area contributed by atoms with Crippen molar-refractivity contribution in [3.05, 3.63) is 18.0 Å². The van der Waals surface area contributed by atoms with E-state index in [1.54, 1.807) is 10.9 Å². The second-order valence-corrected chi connectivity index (χ2v) is 6.33. The Balaban J connectivity index is 1.63. The Bertz CT molecular complexity index is 478. The van der Waals surface area contributed by atoms with E-state index in [1.807, 2.05) is 13.1 Å². The van der Waals surface area contributed by atoms with E-state index < -0.39 is 0 Å². The molecule has 1 atom stereocenters. The van der Waals surface area contributed by atoms with Crippen LogP contribution in [0.2, 0.25) is 0 Å². The smallest absolute Gasteiger partial charge is 0.272 e. The monoisotopic (exact) mass is 290 g/mol. The van der Waals surface area contributed by atoms with Crippen molar-refractivity contribution in [2.45, 2.75) is 44.6 Å². The zero-order valence-corrected chi connectivity index (χ0v) is 13.0. The molecule has 0 spiro atoms. The molecule has 0 aromatic carbocycles. The van der Waals surface area contributed by atoms with Gasteiger partial charge in [-0.25, -0.2) is 0 Å². The molecule has 0 aliphatic carbocycles. The van der Waals surface area contributed by atoms with Crippen molar-refractivity contribution in [3.63, 3.8) is 0 Å². The first-order chi connectivity index (χ1) is 10.3. The fraction of sp³-hybridized carbons (Fsp3) is 0.750. The van der Waals surface area contributed by atoms with Gasteiger partial charge in [-0.2, -0.15) is 5.10 Å². The van der Waals surface area contributed by atoms with Crippen LogP contribution in [0.25, 0.3) is 0 Å². The first kappa shape index (κ1) is 14.6. The number of likely N-dealkylation sites (tertiary alicyclic amines) is 2. The molecule has 0 unspecified atom stereocenters. The lowest BCUT2D eigenvalue weighted by Gasteiger charge is -2.36. The van der Waals surface area contributed by atoms with Gasteiger partial charge in [0.15, 0.2) is 0 Å². The number of carbonyl (C=O) groups excluding carboxylic acids is 1. The van der Waals surface area contributed by atoms with Crippen molar-refractivity contribution >= 4 is 5.91 Å². The van der Waals surface area contributed by atoms with Gasteiger partial charge in [0.1, 0.15) is 5.69 Å². The minimum Gasteiger partial charge on any atom is -0.334 e. The molecule has 21 heavy (non-hydrogen) atoms. The predicted octanol–water partition coefficient (Wildman–Crippen LogP) is 1.90. The number of hydrogen-bond acceptors (Lipinski definition) is 3. The predicted molar refractivity (Wildman–Crippen MR) is 82.2 cm³/mol. The Morgan fingerprint density at radius 1 is 1.24 bits per heavy atom. The summed E-state index contributed by atoms with van der Waals surface area (Å²) < 4.78 is 1.69. The third kappa shape index (κ3) is 3.28. The molecule has 3 rings (SSSR count). The third-order valence-corrected chi connectivity index (χ3v) is 4.91. The van der Waals surface area contributed by atoms with Crippen molar-refractivity contribution in [1.82, 2.24) is 19.6 Å². The van der Waals surface area contributed by atoms with Gasteiger partial charge in [0, 0.05) is 32.4 Å². The van der Waals surface area contributed by atoms with Gasteiger partial charge >= 0.3 is 0 Å². The summed E-state index contributed by atoms with van der Waals surface area (Å²) in [5.74, 6) is 0.154. The highest BCUT2D eigenvalue weighted by molar-refractivity contribution is 5.92. The molecule has 0 saturated carbocycles. The standard InChI is InChI=1S/C16H26N4O/c1-18-15(7-9-17-18)16(21)20-12-3-2-6-14(20)8-13-19-10-4-5-11-19/h7,9,14H,2-6,8,10-13H2,1H3/t14-/m1/s1. The first-order valence-corrected chi connectivity index (χ1v) is 8.27. The van der Waals surface area contributed by atoms with Gasteiger partial charge in [-0.05, 0) is 57.7 Å². The van der Waals surface area contributed by atoms with Crippen LogP contribution in [0.3, 0.4) is 0 Å². The fourth-order valence-electron chi connectivity index (χ4n) is 3.64. The summed E-state index contributed by atoms with van der Waals surface area (Å²) in [5.41, 5.74) is 0.711. The molecule has 116 valence electrons. The van der Waals surface area contributed by atoms with Crippen LogP contribution in [-0.4, -0.2) is 57.7 Å². The molecular formula is C16H26N4O. The van der Waals surface area contributed by atoms with Crippen molar-refractivity contribution in [3.8, 4) is 0 Å². The zero-order chi connectivity index (χ0) is 14.7. The fourth-order valence-corrected chi connectivity index (χ4v) is 3.64. The van der Waals surface area contributed by atoms with E-state index in [-0.39, 0.29) is 5.91 Å². The van der Waals surface area contributed by atoms with E-state index in [0.29, 0.717) is 11.7 Å². The summed E-state index contributed by atoms with van der Waals surface area (Å²) in [4.78, 5) is 17.4. The first-order valence-electron chi connectivity index (χ1n) is 8.27. The SMILES string of the molecule is Cn1nccc1C(=O)N1CCCC[C@@H]1CCN1CCCC1. The van der Waals surface area contributed by atoms with Crippen LogP contribution in [-0.2, 0) is 7.05 Å². The topological polar surface area (TPSA) is 41.4 Å². The molecule has 1 aromatic heterocycles. The minimum atomic E-state index is 0.154. The van der Waals surface area contributed by atoms with E-state index in [4.69, 9.17) is 0 Å². The summed E-state index contributed by atoms with van der Waals surface area (Å²) in [7, 11) is 1.84. The number of aromatic nitrogens is 2. The highest BCUT2D eigenvalue weighted by atomic mass is 16.2. The maximum atomic E-state index is 12.7. The molecule has 2 fully saturated rings. The normalized spacial score (nSPS) is 23.7. The lowest BCUT2D eigenvalue weighted by Crippen LogP contribution is -2.45. The van der Waals surface area contributed by atoms with Crippen molar-refractivity contribution in [1.29, 1.82) is 0 Å². The maximum absolute atomic E-state index is 12.7. The third-order valence-electron chi connectivity index (χ3n) is 4.91. The van der Waals surface area contributed by atoms with E-state index in [1.165, 1.54) is 32.4 Å². The molecular weight excluding hydrogens is 264 g/mol. The molecule has 0 bridgehead atoms. The summed E-state index contributed by atoms with van der Waals surface area (Å²) in [6.07, 6.45) is 9.02. The van der Waals surface area contributed by atoms with Crippen LogP contribution in [0.5, 0.6) is 0 Å². The molecule has 2 aliphatic heterocycles. The summed E-state index contributed by atoms with van der Waals surface area (Å²) in [5, 5.41) is 4.13. The van der Waals surface area contributed by atoms with Crippen molar-refractivity contribution in [2.24, 2.45) is 7.05 Å². The highest BCUT2D eigenvalue weighted by Gasteiger charge is 2.29. The van der Waals surface area contributed by atoms with Gasteiger partial charge in [0.2, 0.25) is 0 Å². The van der Waals surface area contributed by atoms with E-state index >= 15 is 0 Å². The summed E-state index contributed by atoms with van der Waals surface area (Å²) in [6, 6.07) is 2.23. The second-order valence-electron chi connectivity index (χ2n) is 6.33. The average molecular weight is 290 g/mol. The number of aryl methyl sites for hydroxylation is 1. The van der Waals surface area contributed by atoms with Gasteiger partial charge in [0.05, 0.1) is 0 Å². The van der Waals surface area contributed by atoms with E-state index in [0.717, 1.165) is 32.4 Å². The quantitative estimate of drug-likeness (QED) is 0.850. The Hall–Kier alpha value is -1.36. The minimum absolute atomic E-state index is 0.154. The van der Waals surface area contributed by atoms with Crippen LogP contribution < -0.4 is 0 Å². The van der Waals surface area contributed by atoms with Crippen LogP contribution in [0, 0.1) is 0 Å². The number of hydrogen-bond donors (Lipinski definition) is 0. The number of nitrogens with zero attached hydrogens (tertiary/aromatic N) is 4. The zero-order valence-electron chi connectivity index (χ0n) is 13.0. The molecule has 2 aliphatic rings. The maximum Gasteiger partial charge on any atom is 0.272 e. The van der Waals surface area contributed by atoms with E-state index in [2.05, 4.69) is 14.9 Å². The number of piperidine rings is 1. The molecule has 1 amide bonds. The van der Waals surface area contributed by atoms with Crippen LogP contribution in [0.15, 0.2) is 12.3 Å². The molecule has 5 heteroatoms. The lowest BCUT2D eigenvalue weighted by atomic mass is 9.98. The number of amides is 1. The van der Waals surface area contributed by atoms with Gasteiger partial charge < -0.3 is 9.80 Å². The molecule has 1 aromatic rings. The molecule has 5 nitrogen and oxygen atoms in total. The summed E-state index contributed by atoms with van der Waals surface area (Å²) >= 11 is 0. The van der Waals surface area contributed by atoms with Crippen molar-refractivity contribution < 1.29 is 4.79 Å². The number of carbonyl (C=O) groups is 1. The van der Waals surface area contributed by atoms with Crippen LogP contribution in [0.1, 0.15) is 49.0 Å². The van der Waals surface area contributed by atoms with Gasteiger partial charge in [0.25, 0.3) is 5.91 Å². The van der Waals surface area contributed by atoms with Crippen LogP contribution >= 0.6 is 0 Å². The van der Waals surface area contributed by atoms with Crippen molar-refractivity contribution in [2.75, 3.05) is 26.2 Å². The molecule has 0 N–H and O–H groups in total. The lowest BCUT2D eigenvalue weighted by molar-refractivity contribution is 0.0576.